The van der Waals surface area contributed by atoms with Crippen molar-refractivity contribution in [2.45, 2.75) is 44.7 Å². The lowest BCUT2D eigenvalue weighted by atomic mass is 9.93. The molecule has 0 amide bonds. The van der Waals surface area contributed by atoms with E-state index < -0.39 is 0 Å². The van der Waals surface area contributed by atoms with Gasteiger partial charge in [-0.25, -0.2) is 4.98 Å². The zero-order chi connectivity index (χ0) is 16.5. The van der Waals surface area contributed by atoms with Crippen LogP contribution in [-0.4, -0.2) is 36.8 Å². The maximum Gasteiger partial charge on any atom is 0.185 e. The molecule has 1 aromatic carbocycles. The Kier molecular flexibility index (Phi) is 4.46. The van der Waals surface area contributed by atoms with E-state index in [2.05, 4.69) is 58.7 Å². The first kappa shape index (κ1) is 15.9. The van der Waals surface area contributed by atoms with Crippen molar-refractivity contribution >= 4 is 16.5 Å². The van der Waals surface area contributed by atoms with E-state index >= 15 is 0 Å². The number of aryl methyl sites for hydroxylation is 1. The van der Waals surface area contributed by atoms with Gasteiger partial charge in [0.1, 0.15) is 5.75 Å². The Labute approximate surface area is 147 Å². The second-order valence-corrected chi connectivity index (χ2v) is 7.78. The monoisotopic (exact) mass is 343 g/mol. The second kappa shape index (κ2) is 6.73. The van der Waals surface area contributed by atoms with E-state index in [4.69, 9.17) is 4.74 Å². The van der Waals surface area contributed by atoms with Gasteiger partial charge in [0, 0.05) is 42.0 Å². The number of piperidine rings is 1. The standard InChI is InChI=1S/C19H25N3OS/c1-13-12-24-19(20-13)22-9-7-15(8-10-22)21-14(2)17-11-23-18-6-4-3-5-16(17)18/h3-6,12,14-15,17,21H,7-11H2,1-2H3. The number of ether oxygens (including phenoxy) is 1. The van der Waals surface area contributed by atoms with Crippen LogP contribution in [-0.2, 0) is 0 Å². The largest absolute Gasteiger partial charge is 0.493 e. The summed E-state index contributed by atoms with van der Waals surface area (Å²) < 4.78 is 5.84. The number of hydrogen-bond donors (Lipinski definition) is 1. The van der Waals surface area contributed by atoms with Crippen molar-refractivity contribution in [2.75, 3.05) is 24.6 Å². The third kappa shape index (κ3) is 3.15. The average Bonchev–Trinajstić information content (AvgIpc) is 3.22. The van der Waals surface area contributed by atoms with Crippen molar-refractivity contribution in [1.29, 1.82) is 0 Å². The van der Waals surface area contributed by atoms with Crippen molar-refractivity contribution in [3.05, 3.63) is 40.9 Å². The minimum Gasteiger partial charge on any atom is -0.493 e. The Hall–Kier alpha value is -1.59. The third-order valence-electron chi connectivity index (χ3n) is 5.21. The van der Waals surface area contributed by atoms with E-state index in [0.717, 1.165) is 31.1 Å². The highest BCUT2D eigenvalue weighted by molar-refractivity contribution is 7.13. The number of aromatic nitrogens is 1. The van der Waals surface area contributed by atoms with Gasteiger partial charge in [0.15, 0.2) is 5.13 Å². The lowest BCUT2D eigenvalue weighted by Gasteiger charge is -2.34. The highest BCUT2D eigenvalue weighted by atomic mass is 32.1. The lowest BCUT2D eigenvalue weighted by molar-refractivity contribution is 0.284. The minimum absolute atomic E-state index is 0.437. The number of fused-ring (bicyclic) bond motifs is 1. The fourth-order valence-corrected chi connectivity index (χ4v) is 4.67. The molecule has 1 saturated heterocycles. The Morgan fingerprint density at radius 1 is 1.29 bits per heavy atom. The van der Waals surface area contributed by atoms with Gasteiger partial charge in [0.2, 0.25) is 0 Å². The predicted octanol–water partition coefficient (Wildman–Crippen LogP) is 3.57. The van der Waals surface area contributed by atoms with E-state index in [0.29, 0.717) is 18.0 Å². The fourth-order valence-electron chi connectivity index (χ4n) is 3.81. The number of anilines is 1. The van der Waals surface area contributed by atoms with Crippen molar-refractivity contribution in [1.82, 2.24) is 10.3 Å². The molecule has 1 N–H and O–H groups in total. The molecule has 2 aliphatic rings. The van der Waals surface area contributed by atoms with E-state index in [9.17, 15) is 0 Å². The van der Waals surface area contributed by atoms with Crippen molar-refractivity contribution in [2.24, 2.45) is 0 Å². The molecule has 4 nitrogen and oxygen atoms in total. The molecular weight excluding hydrogens is 318 g/mol. The molecular formula is C19H25N3OS. The molecule has 1 aromatic heterocycles. The van der Waals surface area contributed by atoms with E-state index in [-0.39, 0.29) is 0 Å². The number of thiazole rings is 1. The van der Waals surface area contributed by atoms with E-state index in [1.807, 2.05) is 0 Å². The molecule has 0 saturated carbocycles. The zero-order valence-electron chi connectivity index (χ0n) is 14.4. The van der Waals surface area contributed by atoms with Gasteiger partial charge in [0.05, 0.1) is 12.3 Å². The van der Waals surface area contributed by atoms with Crippen LogP contribution in [0.1, 0.15) is 36.9 Å². The van der Waals surface area contributed by atoms with Crippen LogP contribution in [0, 0.1) is 6.92 Å². The predicted molar refractivity (Wildman–Crippen MR) is 99.4 cm³/mol. The summed E-state index contributed by atoms with van der Waals surface area (Å²) in [6.45, 7) is 7.35. The SMILES string of the molecule is Cc1csc(N2CCC(NC(C)C3COc4ccccc43)CC2)n1. The first-order chi connectivity index (χ1) is 11.7. The molecule has 1 fully saturated rings. The van der Waals surface area contributed by atoms with Crippen LogP contribution in [0.5, 0.6) is 5.75 Å². The quantitative estimate of drug-likeness (QED) is 0.921. The average molecular weight is 343 g/mol. The van der Waals surface area contributed by atoms with Gasteiger partial charge in [-0.2, -0.15) is 0 Å². The fraction of sp³-hybridized carbons (Fsp3) is 0.526. The van der Waals surface area contributed by atoms with Gasteiger partial charge in [-0.3, -0.25) is 0 Å². The molecule has 2 unspecified atom stereocenters. The Morgan fingerprint density at radius 3 is 2.83 bits per heavy atom. The maximum absolute atomic E-state index is 5.84. The molecule has 128 valence electrons. The van der Waals surface area contributed by atoms with Gasteiger partial charge < -0.3 is 15.0 Å². The molecule has 24 heavy (non-hydrogen) atoms. The summed E-state index contributed by atoms with van der Waals surface area (Å²) in [5.74, 6) is 1.52. The molecule has 0 bridgehead atoms. The summed E-state index contributed by atoms with van der Waals surface area (Å²) in [6, 6.07) is 9.48. The Bertz CT molecular complexity index is 693. The molecule has 0 radical (unpaired) electrons. The van der Waals surface area contributed by atoms with E-state index in [1.54, 1.807) is 11.3 Å². The van der Waals surface area contributed by atoms with Crippen LogP contribution in [0.3, 0.4) is 0 Å². The Morgan fingerprint density at radius 2 is 2.08 bits per heavy atom. The molecule has 0 spiro atoms. The molecule has 2 aliphatic heterocycles. The number of hydrogen-bond acceptors (Lipinski definition) is 5. The summed E-state index contributed by atoms with van der Waals surface area (Å²) >= 11 is 1.76. The molecule has 4 rings (SSSR count). The van der Waals surface area contributed by atoms with Crippen molar-refractivity contribution in [3.8, 4) is 5.75 Å². The van der Waals surface area contributed by atoms with Crippen LogP contribution in [0.4, 0.5) is 5.13 Å². The lowest BCUT2D eigenvalue weighted by Crippen LogP contribution is -2.47. The van der Waals surface area contributed by atoms with Gasteiger partial charge in [-0.05, 0) is 32.8 Å². The van der Waals surface area contributed by atoms with Crippen molar-refractivity contribution < 1.29 is 4.74 Å². The topological polar surface area (TPSA) is 37.4 Å². The molecule has 2 atom stereocenters. The Balaban J connectivity index is 1.32. The van der Waals surface area contributed by atoms with Crippen molar-refractivity contribution in [3.63, 3.8) is 0 Å². The number of nitrogens with one attached hydrogen (secondary N) is 1. The summed E-state index contributed by atoms with van der Waals surface area (Å²) in [7, 11) is 0. The van der Waals surface area contributed by atoms with Gasteiger partial charge in [-0.15, -0.1) is 11.3 Å². The van der Waals surface area contributed by atoms with Gasteiger partial charge in [0.25, 0.3) is 0 Å². The highest BCUT2D eigenvalue weighted by Gasteiger charge is 2.30. The second-order valence-electron chi connectivity index (χ2n) is 6.94. The maximum atomic E-state index is 5.84. The first-order valence-electron chi connectivity index (χ1n) is 8.85. The number of nitrogens with zero attached hydrogens (tertiary/aromatic N) is 2. The summed E-state index contributed by atoms with van der Waals surface area (Å²) in [5.41, 5.74) is 2.48. The number of para-hydroxylation sites is 1. The summed E-state index contributed by atoms with van der Waals surface area (Å²) in [5, 5.41) is 7.17. The van der Waals surface area contributed by atoms with Crippen LogP contribution in [0.15, 0.2) is 29.6 Å². The van der Waals surface area contributed by atoms with Gasteiger partial charge >= 0.3 is 0 Å². The summed E-state index contributed by atoms with van der Waals surface area (Å²) in [6.07, 6.45) is 2.36. The highest BCUT2D eigenvalue weighted by Crippen LogP contribution is 2.35. The number of benzene rings is 1. The molecule has 2 aromatic rings. The smallest absolute Gasteiger partial charge is 0.185 e. The van der Waals surface area contributed by atoms with Crippen LogP contribution in [0.25, 0.3) is 0 Å². The van der Waals surface area contributed by atoms with Crippen LogP contribution in [0.2, 0.25) is 0 Å². The molecule has 3 heterocycles. The normalized spacial score (nSPS) is 22.2. The van der Waals surface area contributed by atoms with Crippen LogP contribution < -0.4 is 15.0 Å². The molecule has 5 heteroatoms. The zero-order valence-corrected chi connectivity index (χ0v) is 15.2. The molecule has 0 aliphatic carbocycles. The number of rotatable bonds is 4. The minimum atomic E-state index is 0.437. The first-order valence-corrected chi connectivity index (χ1v) is 9.73. The van der Waals surface area contributed by atoms with Gasteiger partial charge in [-0.1, -0.05) is 18.2 Å². The summed E-state index contributed by atoms with van der Waals surface area (Å²) in [4.78, 5) is 7.04. The van der Waals surface area contributed by atoms with Crippen LogP contribution >= 0.6 is 11.3 Å². The third-order valence-corrected chi connectivity index (χ3v) is 6.23. The van der Waals surface area contributed by atoms with E-state index in [1.165, 1.54) is 23.5 Å².